The van der Waals surface area contributed by atoms with Gasteiger partial charge in [-0.15, -0.1) is 0 Å². The molecule has 6 heteroatoms. The largest absolute Gasteiger partial charge is 0.337 e. The van der Waals surface area contributed by atoms with E-state index in [2.05, 4.69) is 4.90 Å². The fraction of sp³-hybridized carbons (Fsp3) is 0.562. The maximum Gasteiger partial charge on any atom is 0.269 e. The van der Waals surface area contributed by atoms with Crippen LogP contribution in [0.15, 0.2) is 24.3 Å². The summed E-state index contributed by atoms with van der Waals surface area (Å²) in [6, 6.07) is 5.88. The second-order valence-electron chi connectivity index (χ2n) is 6.19. The van der Waals surface area contributed by atoms with E-state index in [1.807, 2.05) is 4.90 Å². The zero-order valence-corrected chi connectivity index (χ0v) is 12.6. The highest BCUT2D eigenvalue weighted by Crippen LogP contribution is 2.30. The van der Waals surface area contributed by atoms with Gasteiger partial charge in [0, 0.05) is 43.9 Å². The zero-order chi connectivity index (χ0) is 15.5. The molecule has 6 nitrogen and oxygen atoms in total. The number of nitrogens with zero attached hydrogens (tertiary/aromatic N) is 3. The molecule has 2 aliphatic rings. The van der Waals surface area contributed by atoms with Crippen LogP contribution in [0.25, 0.3) is 0 Å². The van der Waals surface area contributed by atoms with Gasteiger partial charge in [-0.25, -0.2) is 0 Å². The second-order valence-corrected chi connectivity index (χ2v) is 6.19. The molecular weight excluding hydrogens is 282 g/mol. The van der Waals surface area contributed by atoms with Crippen LogP contribution in [0.2, 0.25) is 0 Å². The normalized spacial score (nSPS) is 19.7. The molecule has 0 aromatic heterocycles. The maximum atomic E-state index is 12.5. The van der Waals surface area contributed by atoms with E-state index in [0.29, 0.717) is 5.56 Å². The summed E-state index contributed by atoms with van der Waals surface area (Å²) in [4.78, 5) is 27.1. The molecular formula is C16H21N3O3. The molecule has 22 heavy (non-hydrogen) atoms. The Balaban J connectivity index is 1.60. The highest BCUT2D eigenvalue weighted by Gasteiger charge is 2.26. The molecule has 1 aromatic carbocycles. The van der Waals surface area contributed by atoms with Gasteiger partial charge in [-0.05, 0) is 43.9 Å². The molecule has 0 unspecified atom stereocenters. The minimum Gasteiger partial charge on any atom is -0.337 e. The van der Waals surface area contributed by atoms with Crippen LogP contribution < -0.4 is 0 Å². The lowest BCUT2D eigenvalue weighted by atomic mass is 10.2. The third kappa shape index (κ3) is 3.62. The zero-order valence-electron chi connectivity index (χ0n) is 12.6. The van der Waals surface area contributed by atoms with E-state index < -0.39 is 4.92 Å². The Morgan fingerprint density at radius 2 is 1.86 bits per heavy atom. The van der Waals surface area contributed by atoms with E-state index >= 15 is 0 Å². The Bertz CT molecular complexity index is 554. The van der Waals surface area contributed by atoms with Crippen LogP contribution in [0, 0.1) is 16.0 Å². The molecule has 1 saturated heterocycles. The molecule has 0 bridgehead atoms. The van der Waals surface area contributed by atoms with Crippen molar-refractivity contribution in [1.29, 1.82) is 0 Å². The molecule has 0 spiro atoms. The fourth-order valence-corrected chi connectivity index (χ4v) is 2.93. The number of carbonyl (C=O) groups is 1. The number of carbonyl (C=O) groups excluding carboxylic acids is 1. The smallest absolute Gasteiger partial charge is 0.269 e. The summed E-state index contributed by atoms with van der Waals surface area (Å²) >= 11 is 0. The summed E-state index contributed by atoms with van der Waals surface area (Å²) < 4.78 is 0. The van der Waals surface area contributed by atoms with E-state index in [4.69, 9.17) is 0 Å². The third-order valence-corrected chi connectivity index (χ3v) is 4.41. The summed E-state index contributed by atoms with van der Waals surface area (Å²) in [5.74, 6) is 0.847. The molecule has 1 aliphatic carbocycles. The first-order chi connectivity index (χ1) is 10.6. The van der Waals surface area contributed by atoms with Crippen molar-refractivity contribution in [1.82, 2.24) is 9.80 Å². The molecule has 1 aromatic rings. The Kier molecular flexibility index (Phi) is 4.38. The molecule has 0 radical (unpaired) electrons. The summed E-state index contributed by atoms with van der Waals surface area (Å²) in [6.45, 7) is 4.65. The SMILES string of the molecule is O=C(c1ccc([N+](=O)[O-])cc1)N1CCCN(CC2CC2)CC1. The Hall–Kier alpha value is -1.95. The number of non-ortho nitro benzene ring substituents is 1. The topological polar surface area (TPSA) is 66.7 Å². The van der Waals surface area contributed by atoms with Crippen LogP contribution in [0.3, 0.4) is 0 Å². The van der Waals surface area contributed by atoms with Gasteiger partial charge in [-0.1, -0.05) is 0 Å². The van der Waals surface area contributed by atoms with Crippen molar-refractivity contribution >= 4 is 11.6 Å². The van der Waals surface area contributed by atoms with Crippen molar-refractivity contribution < 1.29 is 9.72 Å². The van der Waals surface area contributed by atoms with Crippen molar-refractivity contribution in [3.8, 4) is 0 Å². The van der Waals surface area contributed by atoms with Gasteiger partial charge in [-0.2, -0.15) is 0 Å². The number of rotatable bonds is 4. The Morgan fingerprint density at radius 1 is 1.14 bits per heavy atom. The van der Waals surface area contributed by atoms with E-state index in [9.17, 15) is 14.9 Å². The summed E-state index contributed by atoms with van der Waals surface area (Å²) in [6.07, 6.45) is 3.69. The molecule has 118 valence electrons. The minimum absolute atomic E-state index is 0.0167. The molecule has 3 rings (SSSR count). The van der Waals surface area contributed by atoms with Gasteiger partial charge in [0.15, 0.2) is 0 Å². The first kappa shape index (κ1) is 15.0. The lowest BCUT2D eigenvalue weighted by molar-refractivity contribution is -0.384. The van der Waals surface area contributed by atoms with Crippen LogP contribution >= 0.6 is 0 Å². The van der Waals surface area contributed by atoms with Gasteiger partial charge >= 0.3 is 0 Å². The predicted octanol–water partition coefficient (Wildman–Crippen LogP) is 2.15. The monoisotopic (exact) mass is 303 g/mol. The molecule has 0 atom stereocenters. The first-order valence-electron chi connectivity index (χ1n) is 7.89. The van der Waals surface area contributed by atoms with Crippen molar-refractivity contribution in [3.05, 3.63) is 39.9 Å². The van der Waals surface area contributed by atoms with E-state index in [1.165, 1.54) is 31.5 Å². The van der Waals surface area contributed by atoms with Crippen molar-refractivity contribution in [2.45, 2.75) is 19.3 Å². The number of amides is 1. The number of nitro groups is 1. The van der Waals surface area contributed by atoms with Crippen LogP contribution in [0.1, 0.15) is 29.6 Å². The van der Waals surface area contributed by atoms with Gasteiger partial charge in [-0.3, -0.25) is 14.9 Å². The van der Waals surface area contributed by atoms with Crippen LogP contribution in [-0.4, -0.2) is 53.4 Å². The van der Waals surface area contributed by atoms with Crippen LogP contribution in [0.4, 0.5) is 5.69 Å². The standard InChI is InChI=1S/C16H21N3O3/c20-16(14-4-6-15(7-5-14)19(21)22)18-9-1-8-17(10-11-18)12-13-2-3-13/h4-7,13H,1-3,8-12H2. The minimum atomic E-state index is -0.448. The quantitative estimate of drug-likeness (QED) is 0.631. The van der Waals surface area contributed by atoms with Gasteiger partial charge in [0.2, 0.25) is 0 Å². The van der Waals surface area contributed by atoms with E-state index in [-0.39, 0.29) is 11.6 Å². The molecule has 1 amide bonds. The molecule has 1 saturated carbocycles. The summed E-state index contributed by atoms with van der Waals surface area (Å²) in [5.41, 5.74) is 0.546. The molecule has 1 heterocycles. The number of hydrogen-bond acceptors (Lipinski definition) is 4. The summed E-state index contributed by atoms with van der Waals surface area (Å²) in [5, 5.41) is 10.7. The Morgan fingerprint density at radius 3 is 2.50 bits per heavy atom. The molecule has 0 N–H and O–H groups in total. The number of hydrogen-bond donors (Lipinski definition) is 0. The first-order valence-corrected chi connectivity index (χ1v) is 7.89. The van der Waals surface area contributed by atoms with Gasteiger partial charge < -0.3 is 9.80 Å². The Labute approximate surface area is 129 Å². The lowest BCUT2D eigenvalue weighted by Gasteiger charge is -2.22. The average molecular weight is 303 g/mol. The van der Waals surface area contributed by atoms with Crippen LogP contribution in [0.5, 0.6) is 0 Å². The fourth-order valence-electron chi connectivity index (χ4n) is 2.93. The van der Waals surface area contributed by atoms with Crippen molar-refractivity contribution in [2.75, 3.05) is 32.7 Å². The van der Waals surface area contributed by atoms with E-state index in [1.54, 1.807) is 12.1 Å². The van der Waals surface area contributed by atoms with Gasteiger partial charge in [0.1, 0.15) is 0 Å². The molecule has 2 fully saturated rings. The van der Waals surface area contributed by atoms with E-state index in [0.717, 1.165) is 38.5 Å². The van der Waals surface area contributed by atoms with Crippen molar-refractivity contribution in [3.63, 3.8) is 0 Å². The average Bonchev–Trinajstić information content (AvgIpc) is 3.35. The van der Waals surface area contributed by atoms with Gasteiger partial charge in [0.25, 0.3) is 11.6 Å². The third-order valence-electron chi connectivity index (χ3n) is 4.41. The second kappa shape index (κ2) is 6.44. The lowest BCUT2D eigenvalue weighted by Crippen LogP contribution is -2.35. The number of benzene rings is 1. The highest BCUT2D eigenvalue weighted by molar-refractivity contribution is 5.94. The van der Waals surface area contributed by atoms with Gasteiger partial charge in [0.05, 0.1) is 4.92 Å². The van der Waals surface area contributed by atoms with Crippen LogP contribution in [-0.2, 0) is 0 Å². The summed E-state index contributed by atoms with van der Waals surface area (Å²) in [7, 11) is 0. The van der Waals surface area contributed by atoms with Crippen molar-refractivity contribution in [2.24, 2.45) is 5.92 Å². The predicted molar refractivity (Wildman–Crippen MR) is 82.8 cm³/mol. The number of nitro benzene ring substituents is 1. The molecule has 1 aliphatic heterocycles. The maximum absolute atomic E-state index is 12.5. The highest BCUT2D eigenvalue weighted by atomic mass is 16.6.